The minimum atomic E-state index is -4.01. The van der Waals surface area contributed by atoms with E-state index in [1.165, 1.54) is 36.4 Å². The second-order valence-electron chi connectivity index (χ2n) is 6.62. The third-order valence-electron chi connectivity index (χ3n) is 4.40. The zero-order chi connectivity index (χ0) is 21.5. The first-order valence-corrected chi connectivity index (χ1v) is 10.9. The first-order chi connectivity index (χ1) is 14.2. The summed E-state index contributed by atoms with van der Waals surface area (Å²) >= 11 is 11.9. The van der Waals surface area contributed by atoms with Crippen LogP contribution in [0.25, 0.3) is 6.08 Å². The number of aryl methyl sites for hydroxylation is 1. The van der Waals surface area contributed by atoms with Crippen molar-refractivity contribution in [3.8, 4) is 11.5 Å². The Hall–Kier alpha value is -2.80. The lowest BCUT2D eigenvalue weighted by molar-refractivity contribution is 0.101. The van der Waals surface area contributed by atoms with E-state index in [9.17, 15) is 13.2 Å². The van der Waals surface area contributed by atoms with Gasteiger partial charge in [0.05, 0.1) is 15.6 Å². The monoisotopic (exact) mass is 460 g/mol. The molecule has 0 radical (unpaired) electrons. The maximum Gasteiger partial charge on any atom is 0.339 e. The third-order valence-corrected chi connectivity index (χ3v) is 6.40. The Morgan fingerprint density at radius 3 is 2.37 bits per heavy atom. The molecule has 0 saturated heterocycles. The molecular formula is C22H14Cl2O5S. The molecule has 1 aliphatic heterocycles. The van der Waals surface area contributed by atoms with Crippen LogP contribution in [0, 0.1) is 6.92 Å². The first-order valence-electron chi connectivity index (χ1n) is 8.77. The number of hydrogen-bond acceptors (Lipinski definition) is 5. The molecule has 0 saturated carbocycles. The number of carbonyl (C=O) groups is 1. The Morgan fingerprint density at radius 2 is 1.67 bits per heavy atom. The van der Waals surface area contributed by atoms with Crippen LogP contribution < -0.4 is 8.92 Å². The maximum absolute atomic E-state index is 12.6. The standard InChI is InChI=1S/C22H14Cl2O5S/c1-13-2-6-16(7-3-13)30(26,27)29-15-5-8-17-20(12-15)28-21(22(17)25)11-14-4-9-18(23)19(24)10-14/h2-12H,1H3. The molecule has 0 amide bonds. The van der Waals surface area contributed by atoms with Crippen molar-refractivity contribution in [2.24, 2.45) is 0 Å². The summed E-state index contributed by atoms with van der Waals surface area (Å²) in [6.07, 6.45) is 1.54. The number of carbonyl (C=O) groups excluding carboxylic acids is 1. The van der Waals surface area contributed by atoms with Gasteiger partial charge in [0.2, 0.25) is 5.78 Å². The Morgan fingerprint density at radius 1 is 0.933 bits per heavy atom. The van der Waals surface area contributed by atoms with Gasteiger partial charge in [0, 0.05) is 6.07 Å². The van der Waals surface area contributed by atoms with Crippen molar-refractivity contribution in [3.63, 3.8) is 0 Å². The Labute approximate surface area is 183 Å². The lowest BCUT2D eigenvalue weighted by Gasteiger charge is -2.08. The van der Waals surface area contributed by atoms with Crippen molar-refractivity contribution in [3.05, 3.63) is 93.2 Å². The lowest BCUT2D eigenvalue weighted by atomic mass is 10.1. The van der Waals surface area contributed by atoms with E-state index in [0.29, 0.717) is 21.2 Å². The fraction of sp³-hybridized carbons (Fsp3) is 0.0455. The largest absolute Gasteiger partial charge is 0.452 e. The van der Waals surface area contributed by atoms with Crippen molar-refractivity contribution in [1.29, 1.82) is 0 Å². The summed E-state index contributed by atoms with van der Waals surface area (Å²) in [5.41, 5.74) is 1.88. The number of benzene rings is 3. The molecule has 4 rings (SSSR count). The number of allylic oxidation sites excluding steroid dienone is 1. The first kappa shape index (κ1) is 20.5. The zero-order valence-corrected chi connectivity index (χ0v) is 17.9. The topological polar surface area (TPSA) is 69.7 Å². The molecule has 0 atom stereocenters. The second-order valence-corrected chi connectivity index (χ2v) is 8.98. The number of ether oxygens (including phenoxy) is 1. The van der Waals surface area contributed by atoms with Gasteiger partial charge in [0.15, 0.2) is 5.76 Å². The molecule has 152 valence electrons. The molecule has 0 aliphatic carbocycles. The van der Waals surface area contributed by atoms with Crippen LogP contribution >= 0.6 is 23.2 Å². The van der Waals surface area contributed by atoms with Gasteiger partial charge < -0.3 is 8.92 Å². The SMILES string of the molecule is Cc1ccc(S(=O)(=O)Oc2ccc3c(c2)OC(=Cc2ccc(Cl)c(Cl)c2)C3=O)cc1. The number of halogens is 2. The fourth-order valence-corrected chi connectivity index (χ4v) is 4.08. The van der Waals surface area contributed by atoms with Gasteiger partial charge in [-0.25, -0.2) is 0 Å². The van der Waals surface area contributed by atoms with Crippen LogP contribution in [-0.2, 0) is 10.1 Å². The van der Waals surface area contributed by atoms with Gasteiger partial charge in [-0.05, 0) is 55.0 Å². The molecule has 0 bridgehead atoms. The lowest BCUT2D eigenvalue weighted by Crippen LogP contribution is -2.09. The van der Waals surface area contributed by atoms with Crippen LogP contribution in [-0.4, -0.2) is 14.2 Å². The van der Waals surface area contributed by atoms with E-state index < -0.39 is 10.1 Å². The molecule has 0 spiro atoms. The van der Waals surface area contributed by atoms with Gasteiger partial charge in [-0.2, -0.15) is 8.42 Å². The molecule has 8 heteroatoms. The Kier molecular flexibility index (Phi) is 5.32. The highest BCUT2D eigenvalue weighted by atomic mass is 35.5. The molecule has 0 N–H and O–H groups in total. The van der Waals surface area contributed by atoms with Crippen LogP contribution in [0.4, 0.5) is 0 Å². The number of rotatable bonds is 4. The Balaban J connectivity index is 1.59. The summed E-state index contributed by atoms with van der Waals surface area (Å²) in [5.74, 6) is 0.00627. The van der Waals surface area contributed by atoms with Crippen LogP contribution in [0.2, 0.25) is 10.0 Å². The predicted molar refractivity (Wildman–Crippen MR) is 115 cm³/mol. The fourth-order valence-electron chi connectivity index (χ4n) is 2.85. The number of ketones is 1. The van der Waals surface area contributed by atoms with E-state index in [0.717, 1.165) is 5.56 Å². The highest BCUT2D eigenvalue weighted by molar-refractivity contribution is 7.87. The average Bonchev–Trinajstić information content (AvgIpc) is 2.99. The van der Waals surface area contributed by atoms with Crippen LogP contribution in [0.1, 0.15) is 21.5 Å². The van der Waals surface area contributed by atoms with Gasteiger partial charge in [0.1, 0.15) is 16.4 Å². The van der Waals surface area contributed by atoms with E-state index in [1.807, 2.05) is 6.92 Å². The van der Waals surface area contributed by atoms with Gasteiger partial charge in [-0.1, -0.05) is 47.0 Å². The van der Waals surface area contributed by atoms with Gasteiger partial charge in [0.25, 0.3) is 0 Å². The van der Waals surface area contributed by atoms with Gasteiger partial charge in [-0.15, -0.1) is 0 Å². The highest BCUT2D eigenvalue weighted by Gasteiger charge is 2.28. The quantitative estimate of drug-likeness (QED) is 0.369. The van der Waals surface area contributed by atoms with E-state index in [1.54, 1.807) is 30.3 Å². The van der Waals surface area contributed by atoms with E-state index >= 15 is 0 Å². The van der Waals surface area contributed by atoms with E-state index in [-0.39, 0.29) is 27.9 Å². The number of hydrogen-bond donors (Lipinski definition) is 0. The molecule has 30 heavy (non-hydrogen) atoms. The molecule has 0 unspecified atom stereocenters. The Bertz CT molecular complexity index is 1300. The molecule has 1 aliphatic rings. The summed E-state index contributed by atoms with van der Waals surface area (Å²) in [4.78, 5) is 12.6. The van der Waals surface area contributed by atoms with Crippen molar-refractivity contribution >= 4 is 45.2 Å². The van der Waals surface area contributed by atoms with Crippen molar-refractivity contribution in [2.45, 2.75) is 11.8 Å². The zero-order valence-electron chi connectivity index (χ0n) is 15.6. The molecule has 5 nitrogen and oxygen atoms in total. The maximum atomic E-state index is 12.6. The normalized spacial score (nSPS) is 14.5. The summed E-state index contributed by atoms with van der Waals surface area (Å²) in [6, 6.07) is 15.5. The van der Waals surface area contributed by atoms with Crippen LogP contribution in [0.15, 0.2) is 71.3 Å². The molecule has 0 aromatic heterocycles. The minimum Gasteiger partial charge on any atom is -0.452 e. The van der Waals surface area contributed by atoms with Crippen LogP contribution in [0.5, 0.6) is 11.5 Å². The van der Waals surface area contributed by atoms with E-state index in [2.05, 4.69) is 0 Å². The summed E-state index contributed by atoms with van der Waals surface area (Å²) in [6.45, 7) is 1.86. The van der Waals surface area contributed by atoms with Crippen molar-refractivity contribution < 1.29 is 22.1 Å². The predicted octanol–water partition coefficient (Wildman–Crippen LogP) is 5.69. The molecule has 3 aromatic carbocycles. The summed E-state index contributed by atoms with van der Waals surface area (Å²) < 4.78 is 35.8. The van der Waals surface area contributed by atoms with Gasteiger partial charge >= 0.3 is 10.1 Å². The van der Waals surface area contributed by atoms with E-state index in [4.69, 9.17) is 32.1 Å². The van der Waals surface area contributed by atoms with Crippen molar-refractivity contribution in [2.75, 3.05) is 0 Å². The third kappa shape index (κ3) is 4.07. The van der Waals surface area contributed by atoms with Crippen molar-refractivity contribution in [1.82, 2.24) is 0 Å². The summed E-state index contributed by atoms with van der Waals surface area (Å²) in [5, 5.41) is 0.753. The second kappa shape index (κ2) is 7.80. The molecular weight excluding hydrogens is 447 g/mol. The van der Waals surface area contributed by atoms with Crippen LogP contribution in [0.3, 0.4) is 0 Å². The summed E-state index contributed by atoms with van der Waals surface area (Å²) in [7, 11) is -4.01. The average molecular weight is 461 g/mol. The highest BCUT2D eigenvalue weighted by Crippen LogP contribution is 2.36. The van der Waals surface area contributed by atoms with Gasteiger partial charge in [-0.3, -0.25) is 4.79 Å². The molecule has 3 aromatic rings. The molecule has 1 heterocycles. The molecule has 0 fully saturated rings. The minimum absolute atomic E-state index is 0.0331. The smallest absolute Gasteiger partial charge is 0.339 e. The number of Topliss-reactive ketones (excluding diaryl/α,β-unsaturated/α-hetero) is 1. The number of fused-ring (bicyclic) bond motifs is 1.